The third kappa shape index (κ3) is 10.9. The van der Waals surface area contributed by atoms with Crippen molar-refractivity contribution in [3.05, 3.63) is 54.1 Å². The van der Waals surface area contributed by atoms with Gasteiger partial charge in [-0.05, 0) is 143 Å². The first-order valence-electron chi connectivity index (χ1n) is 19.0. The van der Waals surface area contributed by atoms with Gasteiger partial charge in [0.05, 0.1) is 11.7 Å². The summed E-state index contributed by atoms with van der Waals surface area (Å²) in [6.45, 7) is 2.68. The molecule has 12 nitrogen and oxygen atoms in total. The molecule has 5 amide bonds. The summed E-state index contributed by atoms with van der Waals surface area (Å²) in [5, 5.41) is 20.9. The third-order valence-electron chi connectivity index (χ3n) is 11.5. The van der Waals surface area contributed by atoms with E-state index in [-0.39, 0.29) is 47.0 Å². The summed E-state index contributed by atoms with van der Waals surface area (Å²) in [5.41, 5.74) is 0.671. The van der Waals surface area contributed by atoms with Gasteiger partial charge in [-0.15, -0.1) is 13.2 Å². The van der Waals surface area contributed by atoms with Crippen LogP contribution in [0.3, 0.4) is 0 Å². The van der Waals surface area contributed by atoms with Gasteiger partial charge in [-0.2, -0.15) is 0 Å². The van der Waals surface area contributed by atoms with Crippen molar-refractivity contribution >= 4 is 29.6 Å². The number of alkyl halides is 3. The first-order chi connectivity index (χ1) is 25.7. The second kappa shape index (κ2) is 16.8. The predicted octanol–water partition coefficient (Wildman–Crippen LogP) is 7.06. The monoisotopic (exact) mass is 757 g/mol. The van der Waals surface area contributed by atoms with Crippen LogP contribution < -0.4 is 30.7 Å². The van der Waals surface area contributed by atoms with E-state index in [1.807, 2.05) is 0 Å². The van der Waals surface area contributed by atoms with E-state index in [4.69, 9.17) is 9.84 Å². The van der Waals surface area contributed by atoms with Crippen LogP contribution in [0.1, 0.15) is 94.3 Å². The van der Waals surface area contributed by atoms with Crippen LogP contribution in [0, 0.1) is 17.8 Å². The summed E-state index contributed by atoms with van der Waals surface area (Å²) in [7, 11) is 0. The number of hydrogen-bond donors (Lipinski definition) is 5. The Morgan fingerprint density at radius 2 is 1.26 bits per heavy atom. The SMILES string of the molecule is CC(=O)N1CCC(NC(=O)Nc2ccc(OC(F)(F)F)cc2)CC1.O=C(NC1CCC(Oc2ccc(C(=O)O)cc2)CC1)NC12CC3CC(CC(C3)C1)C2. The van der Waals surface area contributed by atoms with Crippen LogP contribution in [0.25, 0.3) is 0 Å². The molecule has 5 N–H and O–H groups in total. The molecule has 294 valence electrons. The first-order valence-corrected chi connectivity index (χ1v) is 19.0. The van der Waals surface area contributed by atoms with Crippen molar-refractivity contribution in [2.24, 2.45) is 17.8 Å². The summed E-state index contributed by atoms with van der Waals surface area (Å²) in [6.07, 6.45) is 7.95. The molecule has 15 heteroatoms. The van der Waals surface area contributed by atoms with Crippen LogP contribution in [-0.4, -0.2) is 77.1 Å². The predicted molar refractivity (Wildman–Crippen MR) is 193 cm³/mol. The van der Waals surface area contributed by atoms with E-state index < -0.39 is 18.4 Å². The number of hydrogen-bond acceptors (Lipinski definition) is 6. The smallest absolute Gasteiger partial charge is 0.490 e. The van der Waals surface area contributed by atoms with Gasteiger partial charge in [0.25, 0.3) is 0 Å². The Bertz CT molecular complexity index is 1590. The van der Waals surface area contributed by atoms with Crippen LogP contribution >= 0.6 is 0 Å². The zero-order valence-electron chi connectivity index (χ0n) is 30.5. The number of carboxylic acid groups (broad SMARTS) is 1. The lowest BCUT2D eigenvalue weighted by molar-refractivity contribution is -0.274. The molecule has 5 aliphatic carbocycles. The van der Waals surface area contributed by atoms with E-state index in [1.165, 1.54) is 57.6 Å². The topological polar surface area (TPSA) is 158 Å². The summed E-state index contributed by atoms with van der Waals surface area (Å²) in [6, 6.07) is 11.2. The highest BCUT2D eigenvalue weighted by molar-refractivity contribution is 5.89. The Labute approximate surface area is 312 Å². The van der Waals surface area contributed by atoms with Gasteiger partial charge in [-0.1, -0.05) is 0 Å². The quantitative estimate of drug-likeness (QED) is 0.193. The third-order valence-corrected chi connectivity index (χ3v) is 11.5. The van der Waals surface area contributed by atoms with Crippen molar-refractivity contribution in [2.45, 2.75) is 114 Å². The largest absolute Gasteiger partial charge is 0.573 e. The van der Waals surface area contributed by atoms with Crippen molar-refractivity contribution in [3.8, 4) is 11.5 Å². The van der Waals surface area contributed by atoms with Crippen molar-refractivity contribution in [3.63, 3.8) is 0 Å². The molecule has 6 fully saturated rings. The van der Waals surface area contributed by atoms with Gasteiger partial charge >= 0.3 is 24.4 Å². The van der Waals surface area contributed by atoms with Gasteiger partial charge in [-0.25, -0.2) is 14.4 Å². The van der Waals surface area contributed by atoms with Gasteiger partial charge in [0.2, 0.25) is 5.91 Å². The molecule has 5 saturated carbocycles. The van der Waals surface area contributed by atoms with Crippen LogP contribution in [0.4, 0.5) is 28.4 Å². The molecule has 8 rings (SSSR count). The number of carbonyl (C=O) groups excluding carboxylic acids is 3. The average molecular weight is 758 g/mol. The minimum absolute atomic E-state index is 0.0130. The van der Waals surface area contributed by atoms with Gasteiger partial charge in [0.1, 0.15) is 11.5 Å². The normalized spacial score (nSPS) is 27.5. The maximum Gasteiger partial charge on any atom is 0.573 e. The number of nitrogens with one attached hydrogen (secondary N) is 4. The number of likely N-dealkylation sites (tertiary alicyclic amines) is 1. The number of anilines is 1. The number of amides is 5. The van der Waals surface area contributed by atoms with E-state index in [1.54, 1.807) is 29.2 Å². The summed E-state index contributed by atoms with van der Waals surface area (Å²) < 4.78 is 46.0. The lowest BCUT2D eigenvalue weighted by Gasteiger charge is -2.56. The van der Waals surface area contributed by atoms with Gasteiger partial charge in [0, 0.05) is 43.3 Å². The van der Waals surface area contributed by atoms with Gasteiger partial charge in [0.15, 0.2) is 0 Å². The molecule has 0 radical (unpaired) electrons. The van der Waals surface area contributed by atoms with Gasteiger partial charge < -0.3 is 40.7 Å². The van der Waals surface area contributed by atoms with Crippen LogP contribution in [-0.2, 0) is 4.79 Å². The van der Waals surface area contributed by atoms with E-state index in [9.17, 15) is 32.3 Å². The Kier molecular flexibility index (Phi) is 12.1. The average Bonchev–Trinajstić information content (AvgIpc) is 3.09. The van der Waals surface area contributed by atoms with E-state index in [0.717, 1.165) is 55.6 Å². The Morgan fingerprint density at radius 3 is 1.78 bits per heavy atom. The summed E-state index contributed by atoms with van der Waals surface area (Å²) >= 11 is 0. The molecule has 2 aromatic carbocycles. The number of benzene rings is 2. The number of carbonyl (C=O) groups is 4. The Morgan fingerprint density at radius 1 is 0.741 bits per heavy atom. The highest BCUT2D eigenvalue weighted by Crippen LogP contribution is 2.55. The fourth-order valence-corrected chi connectivity index (χ4v) is 9.35. The number of aromatic carboxylic acids is 1. The second-order valence-corrected chi connectivity index (χ2v) is 15.7. The Balaban J connectivity index is 0.000000190. The molecule has 0 unspecified atom stereocenters. The fraction of sp³-hybridized carbons (Fsp3) is 0.590. The molecule has 6 aliphatic rings. The number of ether oxygens (including phenoxy) is 2. The summed E-state index contributed by atoms with van der Waals surface area (Å²) in [4.78, 5) is 48.5. The number of carboxylic acids is 1. The van der Waals surface area contributed by atoms with E-state index in [2.05, 4.69) is 26.0 Å². The Hall–Kier alpha value is -4.69. The number of rotatable bonds is 8. The minimum atomic E-state index is -4.75. The molecular formula is C39H50F3N5O7. The molecule has 2 aromatic rings. The zero-order valence-corrected chi connectivity index (χ0v) is 30.5. The standard InChI is InChI=1S/C24H32N2O4.C15H18F3N3O3/c27-22(28)18-1-5-20(6-2-18)30-21-7-3-19(4-8-21)25-23(29)26-24-12-15-9-16(13-24)11-17(10-15)14-24;1-10(22)21-8-6-12(7-9-21)20-14(23)19-11-2-4-13(5-3-11)24-15(16,17)18/h1-2,5-6,15-17,19,21H,3-4,7-14H2,(H,27,28)(H2,25,26,29);2-5,12H,6-9H2,1H3,(H2,19,20,23). The fourth-order valence-electron chi connectivity index (χ4n) is 9.35. The number of nitrogens with zero attached hydrogens (tertiary/aromatic N) is 1. The molecule has 1 saturated heterocycles. The highest BCUT2D eigenvalue weighted by Gasteiger charge is 2.51. The molecule has 0 atom stereocenters. The lowest BCUT2D eigenvalue weighted by atomic mass is 9.53. The highest BCUT2D eigenvalue weighted by atomic mass is 19.4. The molecule has 1 heterocycles. The molecular weight excluding hydrogens is 707 g/mol. The second-order valence-electron chi connectivity index (χ2n) is 15.7. The number of urea groups is 2. The molecule has 4 bridgehead atoms. The number of piperidine rings is 1. The number of halogens is 3. The minimum Gasteiger partial charge on any atom is -0.490 e. The van der Waals surface area contributed by atoms with Crippen molar-refractivity contribution in [1.82, 2.24) is 20.9 Å². The van der Waals surface area contributed by atoms with Crippen molar-refractivity contribution in [2.75, 3.05) is 18.4 Å². The summed E-state index contributed by atoms with van der Waals surface area (Å²) in [5.74, 6) is 1.91. The van der Waals surface area contributed by atoms with E-state index in [0.29, 0.717) is 37.4 Å². The van der Waals surface area contributed by atoms with Crippen molar-refractivity contribution < 1.29 is 46.9 Å². The molecule has 1 aliphatic heterocycles. The maximum absolute atomic E-state index is 12.8. The molecule has 0 aromatic heterocycles. The van der Waals surface area contributed by atoms with Crippen LogP contribution in [0.5, 0.6) is 11.5 Å². The maximum atomic E-state index is 12.8. The van der Waals surface area contributed by atoms with Crippen LogP contribution in [0.2, 0.25) is 0 Å². The molecule has 54 heavy (non-hydrogen) atoms. The lowest BCUT2D eigenvalue weighted by Crippen LogP contribution is -2.62. The van der Waals surface area contributed by atoms with Gasteiger partial charge in [-0.3, -0.25) is 4.79 Å². The zero-order chi connectivity index (χ0) is 38.5. The van der Waals surface area contributed by atoms with Crippen molar-refractivity contribution in [1.29, 1.82) is 0 Å². The molecule has 0 spiro atoms. The van der Waals surface area contributed by atoms with Crippen LogP contribution in [0.15, 0.2) is 48.5 Å². The first kappa shape index (κ1) is 39.0. The van der Waals surface area contributed by atoms with E-state index >= 15 is 0 Å².